The van der Waals surface area contributed by atoms with Gasteiger partial charge in [0.05, 0.1) is 11.3 Å². The summed E-state index contributed by atoms with van der Waals surface area (Å²) in [7, 11) is 1.92. The van der Waals surface area contributed by atoms with E-state index in [1.807, 2.05) is 18.0 Å². The molecule has 0 aromatic heterocycles. The molecule has 1 saturated heterocycles. The minimum atomic E-state index is -0.695. The molecule has 0 aliphatic carbocycles. The van der Waals surface area contributed by atoms with Gasteiger partial charge in [0.25, 0.3) is 0 Å². The van der Waals surface area contributed by atoms with Crippen LogP contribution in [0.1, 0.15) is 18.4 Å². The normalized spacial score (nSPS) is 18.7. The molecule has 0 radical (unpaired) electrons. The monoisotopic (exact) mass is 268 g/mol. The fraction of sp³-hybridized carbons (Fsp3) is 0.571. The minimum Gasteiger partial charge on any atom is -0.396 e. The number of hydrogen-bond donors (Lipinski definition) is 2. The number of nitrogens with two attached hydrogens (primary N) is 1. The highest BCUT2D eigenvalue weighted by molar-refractivity contribution is 5.41. The zero-order valence-electron chi connectivity index (χ0n) is 11.2. The number of ether oxygens (including phenoxy) is 1. The lowest BCUT2D eigenvalue weighted by molar-refractivity contribution is -0.0777. The Morgan fingerprint density at radius 3 is 2.74 bits per heavy atom. The predicted molar refractivity (Wildman–Crippen MR) is 72.1 cm³/mol. The molecule has 106 valence electrons. The fourth-order valence-electron chi connectivity index (χ4n) is 2.45. The van der Waals surface area contributed by atoms with Crippen LogP contribution in [0.2, 0.25) is 0 Å². The first kappa shape index (κ1) is 14.2. The predicted octanol–water partition coefficient (Wildman–Crippen LogP) is 1.38. The molecule has 1 aromatic carbocycles. The van der Waals surface area contributed by atoms with E-state index in [1.54, 1.807) is 6.07 Å². The average molecular weight is 268 g/mol. The SMILES string of the molecule is CN(Cc1ccc(N)c(F)c1)CC1(O)CCOCC1. The highest BCUT2D eigenvalue weighted by Gasteiger charge is 2.30. The van der Waals surface area contributed by atoms with E-state index in [4.69, 9.17) is 10.5 Å². The Morgan fingerprint density at radius 1 is 1.42 bits per heavy atom. The maximum atomic E-state index is 13.4. The summed E-state index contributed by atoms with van der Waals surface area (Å²) in [4.78, 5) is 2.00. The van der Waals surface area contributed by atoms with E-state index >= 15 is 0 Å². The average Bonchev–Trinajstić information content (AvgIpc) is 2.34. The number of anilines is 1. The summed E-state index contributed by atoms with van der Waals surface area (Å²) in [5.41, 5.74) is 5.77. The van der Waals surface area contributed by atoms with Crippen LogP contribution in [0.5, 0.6) is 0 Å². The second-order valence-corrected chi connectivity index (χ2v) is 5.36. The number of halogens is 1. The third-order valence-electron chi connectivity index (χ3n) is 3.51. The molecule has 0 spiro atoms. The number of rotatable bonds is 4. The third-order valence-corrected chi connectivity index (χ3v) is 3.51. The van der Waals surface area contributed by atoms with Gasteiger partial charge in [-0.25, -0.2) is 4.39 Å². The first-order valence-electron chi connectivity index (χ1n) is 6.51. The number of likely N-dealkylation sites (N-methyl/N-ethyl adjacent to an activating group) is 1. The Labute approximate surface area is 113 Å². The molecule has 2 rings (SSSR count). The van der Waals surface area contributed by atoms with Crippen LogP contribution in [-0.4, -0.2) is 42.4 Å². The van der Waals surface area contributed by atoms with Gasteiger partial charge in [0.15, 0.2) is 0 Å². The van der Waals surface area contributed by atoms with E-state index in [0.29, 0.717) is 39.1 Å². The molecule has 1 fully saturated rings. The van der Waals surface area contributed by atoms with E-state index in [1.165, 1.54) is 6.07 Å². The molecule has 0 atom stereocenters. The Kier molecular flexibility index (Phi) is 4.39. The molecule has 5 heteroatoms. The highest BCUT2D eigenvalue weighted by atomic mass is 19.1. The second-order valence-electron chi connectivity index (χ2n) is 5.36. The van der Waals surface area contributed by atoms with Crippen LogP contribution >= 0.6 is 0 Å². The number of aliphatic hydroxyl groups is 1. The summed E-state index contributed by atoms with van der Waals surface area (Å²) in [5, 5.41) is 10.4. The van der Waals surface area contributed by atoms with Gasteiger partial charge >= 0.3 is 0 Å². The molecule has 0 bridgehead atoms. The Morgan fingerprint density at radius 2 is 2.11 bits per heavy atom. The van der Waals surface area contributed by atoms with Crippen molar-refractivity contribution in [1.82, 2.24) is 4.90 Å². The van der Waals surface area contributed by atoms with Crippen LogP contribution in [0.3, 0.4) is 0 Å². The molecule has 0 saturated carbocycles. The largest absolute Gasteiger partial charge is 0.396 e. The standard InChI is InChI=1S/C14H21FN2O2/c1-17(10-14(18)4-6-19-7-5-14)9-11-2-3-13(16)12(15)8-11/h2-3,8,18H,4-7,9-10,16H2,1H3. The Hall–Kier alpha value is -1.17. The van der Waals surface area contributed by atoms with Crippen molar-refractivity contribution in [2.75, 3.05) is 32.5 Å². The van der Waals surface area contributed by atoms with Crippen LogP contribution in [0.15, 0.2) is 18.2 Å². The molecule has 1 aliphatic heterocycles. The van der Waals surface area contributed by atoms with Gasteiger partial charge in [0.2, 0.25) is 0 Å². The van der Waals surface area contributed by atoms with Gasteiger partial charge in [-0.2, -0.15) is 0 Å². The van der Waals surface area contributed by atoms with Crippen LogP contribution < -0.4 is 5.73 Å². The zero-order valence-corrected chi connectivity index (χ0v) is 11.2. The smallest absolute Gasteiger partial charge is 0.146 e. The Balaban J connectivity index is 1.93. The summed E-state index contributed by atoms with van der Waals surface area (Å²) >= 11 is 0. The molecule has 1 aliphatic rings. The summed E-state index contributed by atoms with van der Waals surface area (Å²) in [5.74, 6) is -0.393. The summed E-state index contributed by atoms with van der Waals surface area (Å²) < 4.78 is 18.6. The summed E-state index contributed by atoms with van der Waals surface area (Å²) in [6.07, 6.45) is 1.29. The van der Waals surface area contributed by atoms with Gasteiger partial charge in [-0.05, 0) is 24.7 Å². The van der Waals surface area contributed by atoms with E-state index in [2.05, 4.69) is 0 Å². The first-order chi connectivity index (χ1) is 8.98. The zero-order chi connectivity index (χ0) is 13.9. The van der Waals surface area contributed by atoms with Crippen LogP contribution in [-0.2, 0) is 11.3 Å². The molecular formula is C14H21FN2O2. The van der Waals surface area contributed by atoms with Crippen LogP contribution in [0, 0.1) is 5.82 Å². The molecule has 3 N–H and O–H groups in total. The van der Waals surface area contributed by atoms with Crippen molar-refractivity contribution in [2.24, 2.45) is 0 Å². The fourth-order valence-corrected chi connectivity index (χ4v) is 2.45. The van der Waals surface area contributed by atoms with Gasteiger partial charge in [-0.1, -0.05) is 6.07 Å². The van der Waals surface area contributed by atoms with E-state index < -0.39 is 11.4 Å². The molecular weight excluding hydrogens is 247 g/mol. The van der Waals surface area contributed by atoms with E-state index in [-0.39, 0.29) is 5.69 Å². The van der Waals surface area contributed by atoms with Crippen molar-refractivity contribution in [3.05, 3.63) is 29.6 Å². The van der Waals surface area contributed by atoms with Crippen molar-refractivity contribution < 1.29 is 14.2 Å². The molecule has 4 nitrogen and oxygen atoms in total. The molecule has 19 heavy (non-hydrogen) atoms. The first-order valence-corrected chi connectivity index (χ1v) is 6.51. The van der Waals surface area contributed by atoms with Crippen LogP contribution in [0.4, 0.5) is 10.1 Å². The molecule has 1 heterocycles. The van der Waals surface area contributed by atoms with Crippen molar-refractivity contribution >= 4 is 5.69 Å². The number of hydrogen-bond acceptors (Lipinski definition) is 4. The lowest BCUT2D eigenvalue weighted by Gasteiger charge is -2.35. The Bertz CT molecular complexity index is 433. The van der Waals surface area contributed by atoms with Crippen molar-refractivity contribution in [1.29, 1.82) is 0 Å². The van der Waals surface area contributed by atoms with Gasteiger partial charge in [-0.15, -0.1) is 0 Å². The maximum absolute atomic E-state index is 13.4. The lowest BCUT2D eigenvalue weighted by Crippen LogP contribution is -2.45. The number of nitrogens with zero attached hydrogens (tertiary/aromatic N) is 1. The lowest BCUT2D eigenvalue weighted by atomic mass is 9.94. The quantitative estimate of drug-likeness (QED) is 0.810. The molecule has 0 amide bonds. The number of benzene rings is 1. The van der Waals surface area contributed by atoms with Crippen molar-refractivity contribution in [2.45, 2.75) is 25.0 Å². The second kappa shape index (κ2) is 5.86. The van der Waals surface area contributed by atoms with Gasteiger partial charge in [-0.3, -0.25) is 4.90 Å². The number of nitrogen functional groups attached to an aromatic ring is 1. The van der Waals surface area contributed by atoms with Crippen LogP contribution in [0.25, 0.3) is 0 Å². The molecule has 1 aromatic rings. The van der Waals surface area contributed by atoms with Crippen molar-refractivity contribution in [3.63, 3.8) is 0 Å². The highest BCUT2D eigenvalue weighted by Crippen LogP contribution is 2.22. The van der Waals surface area contributed by atoms with Crippen molar-refractivity contribution in [3.8, 4) is 0 Å². The van der Waals surface area contributed by atoms with Gasteiger partial charge < -0.3 is 15.6 Å². The van der Waals surface area contributed by atoms with Gasteiger partial charge in [0.1, 0.15) is 5.82 Å². The minimum absolute atomic E-state index is 0.162. The van der Waals surface area contributed by atoms with Gasteiger partial charge in [0, 0.05) is 39.1 Å². The summed E-state index contributed by atoms with van der Waals surface area (Å²) in [6.45, 7) is 2.34. The third kappa shape index (κ3) is 3.89. The topological polar surface area (TPSA) is 58.7 Å². The molecule has 0 unspecified atom stereocenters. The maximum Gasteiger partial charge on any atom is 0.146 e. The van der Waals surface area contributed by atoms with E-state index in [0.717, 1.165) is 5.56 Å². The van der Waals surface area contributed by atoms with E-state index in [9.17, 15) is 9.50 Å². The summed E-state index contributed by atoms with van der Waals surface area (Å²) in [6, 6.07) is 4.82.